The van der Waals surface area contributed by atoms with Gasteiger partial charge in [0.2, 0.25) is 5.91 Å². The summed E-state index contributed by atoms with van der Waals surface area (Å²) in [6.07, 6.45) is 3.51. The highest BCUT2D eigenvalue weighted by atomic mass is 16.2. The summed E-state index contributed by atoms with van der Waals surface area (Å²) >= 11 is 0. The van der Waals surface area contributed by atoms with Gasteiger partial charge in [0.25, 0.3) is 0 Å². The van der Waals surface area contributed by atoms with Crippen LogP contribution in [-0.2, 0) is 4.79 Å². The van der Waals surface area contributed by atoms with Gasteiger partial charge in [-0.3, -0.25) is 9.78 Å². The summed E-state index contributed by atoms with van der Waals surface area (Å²) in [7, 11) is 1.79. The first kappa shape index (κ1) is 9.71. The third-order valence-electron chi connectivity index (χ3n) is 2.24. The van der Waals surface area contributed by atoms with Crippen molar-refractivity contribution in [3.63, 3.8) is 0 Å². The number of hydrogen-bond acceptors (Lipinski definition) is 2. The Bertz CT molecular complexity index is 284. The molecule has 1 aromatic rings. The largest absolute Gasteiger partial charge is 0.339 e. The summed E-state index contributed by atoms with van der Waals surface area (Å²) in [5.74, 6) is 0.0661. The van der Waals surface area contributed by atoms with Crippen LogP contribution in [0.3, 0.4) is 0 Å². The number of carbonyl (C=O) groups excluding carboxylic acids is 1. The second-order valence-electron chi connectivity index (χ2n) is 3.09. The molecule has 0 aromatic carbocycles. The number of carbonyl (C=O) groups is 1. The standard InChI is InChI=1S/C10H14N2O/c1-8(12(3)9(2)13)10-5-4-6-11-7-10/h4-8H,1-3H3. The second-order valence-corrected chi connectivity index (χ2v) is 3.09. The zero-order valence-corrected chi connectivity index (χ0v) is 8.19. The van der Waals surface area contributed by atoms with E-state index in [1.54, 1.807) is 31.3 Å². The van der Waals surface area contributed by atoms with E-state index in [2.05, 4.69) is 4.98 Å². The maximum absolute atomic E-state index is 11.1. The Kier molecular flexibility index (Phi) is 3.01. The Labute approximate surface area is 78.4 Å². The molecule has 1 rings (SSSR count). The topological polar surface area (TPSA) is 33.2 Å². The maximum Gasteiger partial charge on any atom is 0.219 e. The molecule has 0 saturated carbocycles. The van der Waals surface area contributed by atoms with E-state index in [9.17, 15) is 4.79 Å². The highest BCUT2D eigenvalue weighted by Gasteiger charge is 2.13. The molecule has 70 valence electrons. The highest BCUT2D eigenvalue weighted by molar-refractivity contribution is 5.73. The van der Waals surface area contributed by atoms with Crippen molar-refractivity contribution in [2.24, 2.45) is 0 Å². The van der Waals surface area contributed by atoms with E-state index in [0.717, 1.165) is 5.56 Å². The number of nitrogens with zero attached hydrogens (tertiary/aromatic N) is 2. The van der Waals surface area contributed by atoms with Gasteiger partial charge in [-0.25, -0.2) is 0 Å². The molecule has 0 radical (unpaired) electrons. The van der Waals surface area contributed by atoms with Crippen LogP contribution in [0.1, 0.15) is 25.5 Å². The summed E-state index contributed by atoms with van der Waals surface area (Å²) in [4.78, 5) is 16.8. The van der Waals surface area contributed by atoms with E-state index < -0.39 is 0 Å². The van der Waals surface area contributed by atoms with E-state index in [0.29, 0.717) is 0 Å². The molecule has 0 N–H and O–H groups in total. The molecule has 0 aliphatic heterocycles. The number of pyridine rings is 1. The number of amides is 1. The zero-order valence-electron chi connectivity index (χ0n) is 8.19. The van der Waals surface area contributed by atoms with Crippen molar-refractivity contribution in [2.45, 2.75) is 19.9 Å². The maximum atomic E-state index is 11.1. The smallest absolute Gasteiger partial charge is 0.219 e. The van der Waals surface area contributed by atoms with E-state index >= 15 is 0 Å². The summed E-state index contributed by atoms with van der Waals surface area (Å²) in [6.45, 7) is 3.55. The average Bonchev–Trinajstić information content (AvgIpc) is 2.17. The molecule has 13 heavy (non-hydrogen) atoms. The first-order valence-electron chi connectivity index (χ1n) is 4.26. The Hall–Kier alpha value is -1.38. The van der Waals surface area contributed by atoms with Crippen LogP contribution >= 0.6 is 0 Å². The Morgan fingerprint density at radius 3 is 2.77 bits per heavy atom. The van der Waals surface area contributed by atoms with Gasteiger partial charge >= 0.3 is 0 Å². The fraction of sp³-hybridized carbons (Fsp3) is 0.400. The molecule has 1 amide bonds. The van der Waals surface area contributed by atoms with Gasteiger partial charge in [0.05, 0.1) is 6.04 Å². The fourth-order valence-electron chi connectivity index (χ4n) is 1.12. The minimum atomic E-state index is 0.0661. The molecular formula is C10H14N2O. The summed E-state index contributed by atoms with van der Waals surface area (Å²) < 4.78 is 0. The van der Waals surface area contributed by atoms with Crippen molar-refractivity contribution < 1.29 is 4.79 Å². The quantitative estimate of drug-likeness (QED) is 0.689. The average molecular weight is 178 g/mol. The molecule has 0 spiro atoms. The highest BCUT2D eigenvalue weighted by Crippen LogP contribution is 2.16. The van der Waals surface area contributed by atoms with Crippen LogP contribution in [0.2, 0.25) is 0 Å². The van der Waals surface area contributed by atoms with Gasteiger partial charge in [0.15, 0.2) is 0 Å². The zero-order chi connectivity index (χ0) is 9.84. The van der Waals surface area contributed by atoms with Crippen molar-refractivity contribution in [3.8, 4) is 0 Å². The van der Waals surface area contributed by atoms with Gasteiger partial charge in [-0.2, -0.15) is 0 Å². The summed E-state index contributed by atoms with van der Waals surface area (Å²) in [5.41, 5.74) is 1.06. The van der Waals surface area contributed by atoms with Gasteiger partial charge in [-0.05, 0) is 18.6 Å². The third kappa shape index (κ3) is 2.28. The van der Waals surface area contributed by atoms with Gasteiger partial charge in [0, 0.05) is 26.4 Å². The lowest BCUT2D eigenvalue weighted by atomic mass is 10.1. The van der Waals surface area contributed by atoms with Gasteiger partial charge in [-0.1, -0.05) is 6.07 Å². The molecule has 1 aromatic heterocycles. The van der Waals surface area contributed by atoms with E-state index in [-0.39, 0.29) is 11.9 Å². The lowest BCUT2D eigenvalue weighted by molar-refractivity contribution is -0.129. The predicted molar refractivity (Wildman–Crippen MR) is 51.1 cm³/mol. The Morgan fingerprint density at radius 2 is 2.31 bits per heavy atom. The SMILES string of the molecule is CC(=O)N(C)C(C)c1cccnc1. The fourth-order valence-corrected chi connectivity index (χ4v) is 1.12. The van der Waals surface area contributed by atoms with Crippen molar-refractivity contribution in [3.05, 3.63) is 30.1 Å². The predicted octanol–water partition coefficient (Wildman–Crippen LogP) is 1.62. The van der Waals surface area contributed by atoms with Crippen molar-refractivity contribution >= 4 is 5.91 Å². The molecule has 3 heteroatoms. The molecule has 1 atom stereocenters. The lowest BCUT2D eigenvalue weighted by Crippen LogP contribution is -2.27. The van der Waals surface area contributed by atoms with Gasteiger partial charge in [-0.15, -0.1) is 0 Å². The molecule has 0 aliphatic rings. The van der Waals surface area contributed by atoms with E-state index in [1.165, 1.54) is 0 Å². The van der Waals surface area contributed by atoms with Crippen LogP contribution in [-0.4, -0.2) is 22.8 Å². The Balaban J connectivity index is 2.79. The lowest BCUT2D eigenvalue weighted by Gasteiger charge is -2.23. The van der Waals surface area contributed by atoms with Gasteiger partial charge < -0.3 is 4.90 Å². The van der Waals surface area contributed by atoms with Gasteiger partial charge in [0.1, 0.15) is 0 Å². The number of aromatic nitrogens is 1. The Morgan fingerprint density at radius 1 is 1.62 bits per heavy atom. The molecule has 0 saturated heterocycles. The molecule has 0 aliphatic carbocycles. The number of rotatable bonds is 2. The van der Waals surface area contributed by atoms with Crippen LogP contribution in [0.4, 0.5) is 0 Å². The molecule has 0 bridgehead atoms. The monoisotopic (exact) mass is 178 g/mol. The number of hydrogen-bond donors (Lipinski definition) is 0. The molecule has 3 nitrogen and oxygen atoms in total. The molecular weight excluding hydrogens is 164 g/mol. The molecule has 1 unspecified atom stereocenters. The minimum Gasteiger partial charge on any atom is -0.339 e. The van der Waals surface area contributed by atoms with Crippen molar-refractivity contribution in [2.75, 3.05) is 7.05 Å². The van der Waals surface area contributed by atoms with Crippen LogP contribution < -0.4 is 0 Å². The summed E-state index contributed by atoms with van der Waals surface area (Å²) in [6, 6.07) is 3.93. The van der Waals surface area contributed by atoms with Crippen LogP contribution in [0, 0.1) is 0 Å². The van der Waals surface area contributed by atoms with E-state index in [4.69, 9.17) is 0 Å². The second kappa shape index (κ2) is 4.03. The van der Waals surface area contributed by atoms with E-state index in [1.807, 2.05) is 19.1 Å². The minimum absolute atomic E-state index is 0.0661. The first-order valence-corrected chi connectivity index (χ1v) is 4.26. The normalized spacial score (nSPS) is 12.2. The molecule has 0 fully saturated rings. The third-order valence-corrected chi connectivity index (χ3v) is 2.24. The van der Waals surface area contributed by atoms with Crippen LogP contribution in [0.15, 0.2) is 24.5 Å². The first-order chi connectivity index (χ1) is 6.13. The van der Waals surface area contributed by atoms with Crippen molar-refractivity contribution in [1.29, 1.82) is 0 Å². The van der Waals surface area contributed by atoms with Crippen LogP contribution in [0.25, 0.3) is 0 Å². The summed E-state index contributed by atoms with van der Waals surface area (Å²) in [5, 5.41) is 0. The molecule has 1 heterocycles. The van der Waals surface area contributed by atoms with Crippen LogP contribution in [0.5, 0.6) is 0 Å². The van der Waals surface area contributed by atoms with Crippen molar-refractivity contribution in [1.82, 2.24) is 9.88 Å².